The Hall–Kier alpha value is -2.67. The molecule has 0 atom stereocenters. The normalized spacial score (nSPS) is 19.6. The summed E-state index contributed by atoms with van der Waals surface area (Å²) in [5.74, 6) is -8.46. The fraction of sp³-hybridized carbons (Fsp3) is 0.474. The Bertz CT molecular complexity index is 899. The number of hydrogen-bond donors (Lipinski definition) is 0. The first-order valence-corrected chi connectivity index (χ1v) is 9.35. The van der Waals surface area contributed by atoms with Crippen molar-refractivity contribution in [1.82, 2.24) is 9.97 Å². The second kappa shape index (κ2) is 9.45. The van der Waals surface area contributed by atoms with Gasteiger partial charge in [0.15, 0.2) is 23.2 Å². The summed E-state index contributed by atoms with van der Waals surface area (Å²) >= 11 is 0. The van der Waals surface area contributed by atoms with Gasteiger partial charge >= 0.3 is 12.2 Å². The summed E-state index contributed by atoms with van der Waals surface area (Å²) in [5, 5.41) is 0. The molecule has 0 N–H and O–H groups in total. The maximum absolute atomic E-state index is 14.2. The summed E-state index contributed by atoms with van der Waals surface area (Å²) in [5.41, 5.74) is 0. The van der Waals surface area contributed by atoms with Gasteiger partial charge in [0, 0.05) is 18.1 Å². The predicted molar refractivity (Wildman–Crippen MR) is 92.5 cm³/mol. The molecule has 6 nitrogen and oxygen atoms in total. The number of alkyl halides is 4. The van der Waals surface area contributed by atoms with E-state index in [0.717, 1.165) is 12.8 Å². The quantitative estimate of drug-likeness (QED) is 0.409. The van der Waals surface area contributed by atoms with E-state index in [-0.39, 0.29) is 31.3 Å². The molecule has 1 aliphatic heterocycles. The van der Waals surface area contributed by atoms with Crippen molar-refractivity contribution < 1.29 is 49.7 Å². The zero-order chi connectivity index (χ0) is 23.5. The first-order valence-electron chi connectivity index (χ1n) is 9.35. The molecule has 176 valence electrons. The molecule has 13 heteroatoms. The Labute approximate surface area is 177 Å². The van der Waals surface area contributed by atoms with Gasteiger partial charge in [-0.3, -0.25) is 0 Å². The van der Waals surface area contributed by atoms with Crippen LogP contribution in [0.15, 0.2) is 24.5 Å². The Morgan fingerprint density at radius 1 is 0.938 bits per heavy atom. The van der Waals surface area contributed by atoms with Crippen LogP contribution in [0.4, 0.5) is 30.7 Å². The summed E-state index contributed by atoms with van der Waals surface area (Å²) in [6.45, 7) is 2.01. The predicted octanol–water partition coefficient (Wildman–Crippen LogP) is 4.78. The van der Waals surface area contributed by atoms with E-state index in [1.54, 1.807) is 0 Å². The minimum atomic E-state index is -4.33. The number of ether oxygens (including phenoxy) is 4. The third-order valence-corrected chi connectivity index (χ3v) is 4.28. The van der Waals surface area contributed by atoms with Crippen LogP contribution < -0.4 is 9.47 Å². The van der Waals surface area contributed by atoms with Crippen LogP contribution in [0.3, 0.4) is 0 Å². The Morgan fingerprint density at radius 3 is 2.03 bits per heavy atom. The molecule has 0 amide bonds. The Morgan fingerprint density at radius 2 is 1.50 bits per heavy atom. The van der Waals surface area contributed by atoms with Gasteiger partial charge in [-0.05, 0) is 6.42 Å². The maximum atomic E-state index is 14.2. The average molecular weight is 470 g/mol. The van der Waals surface area contributed by atoms with Gasteiger partial charge in [0.1, 0.15) is 5.75 Å². The van der Waals surface area contributed by atoms with Crippen molar-refractivity contribution in [3.63, 3.8) is 0 Å². The van der Waals surface area contributed by atoms with Gasteiger partial charge in [-0.15, -0.1) is 0 Å². The zero-order valence-corrected chi connectivity index (χ0v) is 16.5. The van der Waals surface area contributed by atoms with Crippen LogP contribution in [0.5, 0.6) is 11.5 Å². The molecule has 0 saturated carbocycles. The average Bonchev–Trinajstić information content (AvgIpc) is 2.72. The van der Waals surface area contributed by atoms with Crippen LogP contribution in [-0.2, 0) is 15.6 Å². The minimum absolute atomic E-state index is 0.0278. The fourth-order valence-electron chi connectivity index (χ4n) is 2.82. The van der Waals surface area contributed by atoms with Crippen LogP contribution in [0, 0.1) is 23.4 Å². The van der Waals surface area contributed by atoms with Crippen LogP contribution in [-0.4, -0.2) is 35.6 Å². The minimum Gasteiger partial charge on any atom is -0.426 e. The van der Waals surface area contributed by atoms with E-state index in [4.69, 9.17) is 9.47 Å². The molecule has 1 fully saturated rings. The van der Waals surface area contributed by atoms with Crippen LogP contribution in [0.2, 0.25) is 0 Å². The molecule has 0 spiro atoms. The molecule has 1 saturated heterocycles. The van der Waals surface area contributed by atoms with Crippen molar-refractivity contribution in [3.05, 3.63) is 47.8 Å². The molecule has 1 aromatic carbocycles. The lowest BCUT2D eigenvalue weighted by Gasteiger charge is -2.33. The molecular formula is C19H17F7N2O4. The summed E-state index contributed by atoms with van der Waals surface area (Å²) in [6.07, 6.45) is -7.71. The standard InChI is InChI=1S/C19H17F7N2O4/c1-2-3-10-8-29-17(30-9-10)19(25,26)32-12-6-27-16(28-7-12)18(23,24)31-11-4-13(20)15(22)14(21)5-11/h4-7,10,17H,2-3,8-9H2,1H3. The van der Waals surface area contributed by atoms with E-state index in [2.05, 4.69) is 19.4 Å². The van der Waals surface area contributed by atoms with Gasteiger partial charge in [0.25, 0.3) is 6.29 Å². The lowest BCUT2D eigenvalue weighted by molar-refractivity contribution is -0.352. The monoisotopic (exact) mass is 470 g/mol. The third-order valence-electron chi connectivity index (χ3n) is 4.28. The number of aromatic nitrogens is 2. The first-order chi connectivity index (χ1) is 15.0. The van der Waals surface area contributed by atoms with E-state index < -0.39 is 53.3 Å². The largest absolute Gasteiger partial charge is 0.462 e. The van der Waals surface area contributed by atoms with Gasteiger partial charge in [-0.2, -0.15) is 17.6 Å². The lowest BCUT2D eigenvalue weighted by Crippen LogP contribution is -2.47. The molecule has 32 heavy (non-hydrogen) atoms. The number of nitrogens with zero attached hydrogens (tertiary/aromatic N) is 2. The number of halogens is 7. The molecule has 0 bridgehead atoms. The van der Waals surface area contributed by atoms with E-state index in [9.17, 15) is 30.7 Å². The Balaban J connectivity index is 1.65. The van der Waals surface area contributed by atoms with Crippen molar-refractivity contribution in [1.29, 1.82) is 0 Å². The van der Waals surface area contributed by atoms with Crippen LogP contribution in [0.25, 0.3) is 0 Å². The highest BCUT2D eigenvalue weighted by molar-refractivity contribution is 5.26. The van der Waals surface area contributed by atoms with Crippen molar-refractivity contribution in [2.45, 2.75) is 38.3 Å². The van der Waals surface area contributed by atoms with E-state index in [1.807, 2.05) is 6.92 Å². The highest BCUT2D eigenvalue weighted by Crippen LogP contribution is 2.33. The third kappa shape index (κ3) is 5.57. The van der Waals surface area contributed by atoms with Gasteiger partial charge in [-0.1, -0.05) is 13.3 Å². The lowest BCUT2D eigenvalue weighted by atomic mass is 10.1. The van der Waals surface area contributed by atoms with E-state index >= 15 is 0 Å². The van der Waals surface area contributed by atoms with Crippen molar-refractivity contribution in [3.8, 4) is 11.5 Å². The Kier molecular flexibility index (Phi) is 7.08. The summed E-state index contributed by atoms with van der Waals surface area (Å²) < 4.78 is 115. The molecule has 2 heterocycles. The maximum Gasteiger partial charge on any atom is 0.462 e. The smallest absolute Gasteiger partial charge is 0.426 e. The van der Waals surface area contributed by atoms with Crippen LogP contribution >= 0.6 is 0 Å². The highest BCUT2D eigenvalue weighted by Gasteiger charge is 2.47. The molecule has 3 rings (SSSR count). The molecule has 0 radical (unpaired) electrons. The summed E-state index contributed by atoms with van der Waals surface area (Å²) in [7, 11) is 0. The van der Waals surface area contributed by atoms with Crippen molar-refractivity contribution >= 4 is 0 Å². The fourth-order valence-corrected chi connectivity index (χ4v) is 2.82. The van der Waals surface area contributed by atoms with E-state index in [0.29, 0.717) is 12.4 Å². The van der Waals surface area contributed by atoms with Gasteiger partial charge in [-0.25, -0.2) is 23.1 Å². The number of hydrogen-bond acceptors (Lipinski definition) is 6. The van der Waals surface area contributed by atoms with Crippen molar-refractivity contribution in [2.75, 3.05) is 13.2 Å². The molecule has 1 aromatic heterocycles. The van der Waals surface area contributed by atoms with Gasteiger partial charge in [0.2, 0.25) is 5.82 Å². The SMILES string of the molecule is CCCC1COC(C(F)(F)Oc2cnc(C(F)(F)Oc3cc(F)c(F)c(F)c3)nc2)OC1. The van der Waals surface area contributed by atoms with Crippen molar-refractivity contribution in [2.24, 2.45) is 5.92 Å². The zero-order valence-electron chi connectivity index (χ0n) is 16.5. The second-order valence-electron chi connectivity index (χ2n) is 6.88. The van der Waals surface area contributed by atoms with Crippen LogP contribution in [0.1, 0.15) is 25.6 Å². The second-order valence-corrected chi connectivity index (χ2v) is 6.88. The molecule has 1 aliphatic rings. The molecular weight excluding hydrogens is 453 g/mol. The number of benzene rings is 1. The first kappa shape index (κ1) is 24.0. The van der Waals surface area contributed by atoms with E-state index in [1.165, 1.54) is 0 Å². The summed E-state index contributed by atoms with van der Waals surface area (Å²) in [4.78, 5) is 6.37. The molecule has 0 aliphatic carbocycles. The molecule has 0 unspecified atom stereocenters. The van der Waals surface area contributed by atoms with Gasteiger partial charge in [0.05, 0.1) is 25.6 Å². The van der Waals surface area contributed by atoms with Gasteiger partial charge < -0.3 is 18.9 Å². The topological polar surface area (TPSA) is 62.7 Å². The number of rotatable bonds is 8. The highest BCUT2D eigenvalue weighted by atomic mass is 19.3. The summed E-state index contributed by atoms with van der Waals surface area (Å²) in [6, 6.07) is 0.388. The molecule has 2 aromatic rings.